The van der Waals surface area contributed by atoms with Crippen molar-refractivity contribution >= 4 is 11.8 Å². The van der Waals surface area contributed by atoms with Crippen molar-refractivity contribution in [2.75, 3.05) is 20.1 Å². The van der Waals surface area contributed by atoms with E-state index in [1.54, 1.807) is 26.9 Å². The lowest BCUT2D eigenvalue weighted by molar-refractivity contribution is -0.134. The monoisotopic (exact) mass is 355 g/mol. The van der Waals surface area contributed by atoms with Crippen LogP contribution in [0.1, 0.15) is 24.0 Å². The van der Waals surface area contributed by atoms with Crippen LogP contribution in [0, 0.1) is 5.92 Å². The summed E-state index contributed by atoms with van der Waals surface area (Å²) in [6, 6.07) is 3.80. The number of rotatable bonds is 7. The summed E-state index contributed by atoms with van der Waals surface area (Å²) < 4.78 is 1.78. The highest BCUT2D eigenvalue weighted by atomic mass is 16.2. The van der Waals surface area contributed by atoms with Gasteiger partial charge in [0.15, 0.2) is 0 Å². The SMILES string of the molecule is CN(CCCc1cnn(C)c1)C(=O)[C@@H]1CC(=O)N(Cc2cccnc2)C1. The molecule has 0 radical (unpaired) electrons. The van der Waals surface area contributed by atoms with Gasteiger partial charge in [-0.25, -0.2) is 0 Å². The van der Waals surface area contributed by atoms with E-state index in [0.717, 1.165) is 18.4 Å². The molecule has 2 aromatic heterocycles. The van der Waals surface area contributed by atoms with Crippen LogP contribution in [-0.4, -0.2) is 56.5 Å². The molecule has 0 spiro atoms. The van der Waals surface area contributed by atoms with E-state index in [4.69, 9.17) is 0 Å². The molecule has 1 atom stereocenters. The highest BCUT2D eigenvalue weighted by molar-refractivity contribution is 5.89. The fourth-order valence-corrected chi connectivity index (χ4v) is 3.35. The van der Waals surface area contributed by atoms with Crippen LogP contribution in [0.5, 0.6) is 0 Å². The van der Waals surface area contributed by atoms with Gasteiger partial charge >= 0.3 is 0 Å². The average molecular weight is 355 g/mol. The summed E-state index contributed by atoms with van der Waals surface area (Å²) in [4.78, 5) is 32.5. The molecule has 3 rings (SSSR count). The van der Waals surface area contributed by atoms with Crippen molar-refractivity contribution in [2.24, 2.45) is 13.0 Å². The van der Waals surface area contributed by atoms with Crippen LogP contribution >= 0.6 is 0 Å². The Morgan fingerprint density at radius 1 is 1.35 bits per heavy atom. The Labute approximate surface area is 153 Å². The molecule has 7 heteroatoms. The summed E-state index contributed by atoms with van der Waals surface area (Å²) in [5.74, 6) is -0.156. The predicted octanol–water partition coefficient (Wildman–Crippen LogP) is 1.25. The van der Waals surface area contributed by atoms with Gasteiger partial charge in [-0.1, -0.05) is 6.07 Å². The molecule has 26 heavy (non-hydrogen) atoms. The molecule has 0 saturated carbocycles. The third kappa shape index (κ3) is 4.47. The van der Waals surface area contributed by atoms with Gasteiger partial charge in [0.05, 0.1) is 12.1 Å². The van der Waals surface area contributed by atoms with E-state index in [1.165, 1.54) is 5.56 Å². The van der Waals surface area contributed by atoms with Crippen molar-refractivity contribution in [3.05, 3.63) is 48.0 Å². The lowest BCUT2D eigenvalue weighted by Crippen LogP contribution is -2.35. The Balaban J connectivity index is 1.47. The number of nitrogens with zero attached hydrogens (tertiary/aromatic N) is 5. The molecule has 2 aromatic rings. The van der Waals surface area contributed by atoms with E-state index in [2.05, 4.69) is 10.1 Å². The Bertz CT molecular complexity index is 758. The van der Waals surface area contributed by atoms with Gasteiger partial charge in [0.2, 0.25) is 11.8 Å². The summed E-state index contributed by atoms with van der Waals surface area (Å²) in [7, 11) is 3.72. The third-order valence-corrected chi connectivity index (χ3v) is 4.75. The van der Waals surface area contributed by atoms with E-state index in [9.17, 15) is 9.59 Å². The maximum Gasteiger partial charge on any atom is 0.227 e. The minimum absolute atomic E-state index is 0.0379. The third-order valence-electron chi connectivity index (χ3n) is 4.75. The quantitative estimate of drug-likeness (QED) is 0.750. The van der Waals surface area contributed by atoms with Gasteiger partial charge in [-0.05, 0) is 30.0 Å². The molecule has 2 amide bonds. The molecule has 0 unspecified atom stereocenters. The Hall–Kier alpha value is -2.70. The van der Waals surface area contributed by atoms with E-state index >= 15 is 0 Å². The Morgan fingerprint density at radius 3 is 2.88 bits per heavy atom. The molecule has 0 N–H and O–H groups in total. The second-order valence-corrected chi connectivity index (χ2v) is 6.92. The van der Waals surface area contributed by atoms with E-state index in [-0.39, 0.29) is 17.7 Å². The molecular weight excluding hydrogens is 330 g/mol. The molecule has 1 aliphatic heterocycles. The zero-order valence-electron chi connectivity index (χ0n) is 15.3. The number of aryl methyl sites for hydroxylation is 2. The summed E-state index contributed by atoms with van der Waals surface area (Å²) in [6.07, 6.45) is 9.39. The molecule has 0 aromatic carbocycles. The first-order chi connectivity index (χ1) is 12.5. The summed E-state index contributed by atoms with van der Waals surface area (Å²) >= 11 is 0. The largest absolute Gasteiger partial charge is 0.345 e. The second kappa shape index (κ2) is 8.12. The predicted molar refractivity (Wildman–Crippen MR) is 96.9 cm³/mol. The molecule has 1 saturated heterocycles. The fourth-order valence-electron chi connectivity index (χ4n) is 3.35. The molecule has 7 nitrogen and oxygen atoms in total. The molecule has 0 aliphatic carbocycles. The van der Waals surface area contributed by atoms with Crippen LogP contribution in [0.3, 0.4) is 0 Å². The fraction of sp³-hybridized carbons (Fsp3) is 0.474. The van der Waals surface area contributed by atoms with Gasteiger partial charge in [0.1, 0.15) is 0 Å². The van der Waals surface area contributed by atoms with E-state index in [0.29, 0.717) is 26.1 Å². The second-order valence-electron chi connectivity index (χ2n) is 6.92. The first kappa shape index (κ1) is 18.1. The van der Waals surface area contributed by atoms with Gasteiger partial charge in [-0.2, -0.15) is 5.10 Å². The number of hydrogen-bond acceptors (Lipinski definition) is 4. The number of hydrogen-bond donors (Lipinski definition) is 0. The van der Waals surface area contributed by atoms with E-state index in [1.807, 2.05) is 38.6 Å². The summed E-state index contributed by atoms with van der Waals surface area (Å²) in [6.45, 7) is 1.68. The molecule has 138 valence electrons. The molecule has 1 aliphatic rings. The highest BCUT2D eigenvalue weighted by Crippen LogP contribution is 2.22. The molecular formula is C19H25N5O2. The van der Waals surface area contributed by atoms with Crippen LogP contribution in [0.2, 0.25) is 0 Å². The summed E-state index contributed by atoms with van der Waals surface area (Å²) in [5, 5.41) is 4.15. The van der Waals surface area contributed by atoms with Crippen molar-refractivity contribution in [1.82, 2.24) is 24.6 Å². The van der Waals surface area contributed by atoms with Gasteiger partial charge in [-0.15, -0.1) is 0 Å². The maximum absolute atomic E-state index is 12.7. The van der Waals surface area contributed by atoms with Gasteiger partial charge in [0, 0.05) is 58.7 Å². The van der Waals surface area contributed by atoms with Gasteiger partial charge < -0.3 is 9.80 Å². The number of likely N-dealkylation sites (tertiary alicyclic amines) is 1. The lowest BCUT2D eigenvalue weighted by Gasteiger charge is -2.21. The van der Waals surface area contributed by atoms with Crippen LogP contribution in [0.25, 0.3) is 0 Å². The van der Waals surface area contributed by atoms with Crippen molar-refractivity contribution in [2.45, 2.75) is 25.8 Å². The van der Waals surface area contributed by atoms with Gasteiger partial charge in [-0.3, -0.25) is 19.3 Å². The van der Waals surface area contributed by atoms with Crippen molar-refractivity contribution < 1.29 is 9.59 Å². The van der Waals surface area contributed by atoms with Crippen LogP contribution in [-0.2, 0) is 29.6 Å². The van der Waals surface area contributed by atoms with Crippen molar-refractivity contribution in [3.8, 4) is 0 Å². The minimum atomic E-state index is -0.248. The molecule has 0 bridgehead atoms. The lowest BCUT2D eigenvalue weighted by atomic mass is 10.1. The highest BCUT2D eigenvalue weighted by Gasteiger charge is 2.35. The number of carbonyl (C=O) groups is 2. The molecule has 1 fully saturated rings. The zero-order chi connectivity index (χ0) is 18.5. The normalized spacial score (nSPS) is 16.9. The minimum Gasteiger partial charge on any atom is -0.345 e. The van der Waals surface area contributed by atoms with Crippen LogP contribution in [0.4, 0.5) is 0 Å². The van der Waals surface area contributed by atoms with Gasteiger partial charge in [0.25, 0.3) is 0 Å². The first-order valence-electron chi connectivity index (χ1n) is 8.92. The van der Waals surface area contributed by atoms with Crippen molar-refractivity contribution in [3.63, 3.8) is 0 Å². The van der Waals surface area contributed by atoms with Crippen molar-refractivity contribution in [1.29, 1.82) is 0 Å². The standard InChI is InChI=1S/C19H25N5O2/c1-22(8-4-6-16-11-21-23(2)12-16)19(26)17-9-18(25)24(14-17)13-15-5-3-7-20-10-15/h3,5,7,10-12,17H,4,6,8-9,13-14H2,1-2H3/t17-/m1/s1. The maximum atomic E-state index is 12.7. The van der Waals surface area contributed by atoms with E-state index < -0.39 is 0 Å². The average Bonchev–Trinajstić information content (AvgIpc) is 3.21. The Kier molecular flexibility index (Phi) is 5.65. The first-order valence-corrected chi connectivity index (χ1v) is 8.92. The topological polar surface area (TPSA) is 71.3 Å². The number of carbonyl (C=O) groups excluding carboxylic acids is 2. The number of amides is 2. The summed E-state index contributed by atoms with van der Waals surface area (Å²) in [5.41, 5.74) is 2.16. The smallest absolute Gasteiger partial charge is 0.227 e. The van der Waals surface area contributed by atoms with Crippen LogP contribution < -0.4 is 0 Å². The molecule has 3 heterocycles. The van der Waals surface area contributed by atoms with Crippen LogP contribution in [0.15, 0.2) is 36.9 Å². The number of pyridine rings is 1. The Morgan fingerprint density at radius 2 is 2.19 bits per heavy atom. The zero-order valence-corrected chi connectivity index (χ0v) is 15.3. The number of aromatic nitrogens is 3.